The van der Waals surface area contributed by atoms with Crippen LogP contribution in [0.25, 0.3) is 0 Å². The van der Waals surface area contributed by atoms with E-state index < -0.39 is 5.54 Å². The number of likely N-dealkylation sites (N-methyl/N-ethyl adjacent to an activating group) is 1. The fourth-order valence-corrected chi connectivity index (χ4v) is 3.14. The summed E-state index contributed by atoms with van der Waals surface area (Å²) in [5.41, 5.74) is 6.85. The standard InChI is InChI=1S/C18H29N3O/c1-17(2,20-3)16(22)21-13-18(11-9-15(19)10-12-18)14-7-5-4-6-8-14/h4-8,15,20H,9-13,19H2,1-3H3,(H,21,22)/t15-,18-. The molecule has 0 saturated heterocycles. The molecule has 2 rings (SSSR count). The van der Waals surface area contributed by atoms with E-state index in [0.717, 1.165) is 25.7 Å². The van der Waals surface area contributed by atoms with Crippen molar-refractivity contribution in [1.29, 1.82) is 0 Å². The lowest BCUT2D eigenvalue weighted by atomic mass is 9.68. The van der Waals surface area contributed by atoms with Crippen LogP contribution in [0.5, 0.6) is 0 Å². The molecular weight excluding hydrogens is 274 g/mol. The van der Waals surface area contributed by atoms with E-state index >= 15 is 0 Å². The zero-order chi connectivity index (χ0) is 16.2. The van der Waals surface area contributed by atoms with Crippen molar-refractivity contribution in [3.8, 4) is 0 Å². The first-order valence-corrected chi connectivity index (χ1v) is 8.18. The van der Waals surface area contributed by atoms with Crippen molar-refractivity contribution >= 4 is 5.91 Å². The third-order valence-electron chi connectivity index (χ3n) is 5.15. The molecule has 0 atom stereocenters. The molecule has 1 aromatic carbocycles. The summed E-state index contributed by atoms with van der Waals surface area (Å²) >= 11 is 0. The molecule has 22 heavy (non-hydrogen) atoms. The molecule has 4 nitrogen and oxygen atoms in total. The van der Waals surface area contributed by atoms with Crippen LogP contribution >= 0.6 is 0 Å². The quantitative estimate of drug-likeness (QED) is 0.779. The molecule has 1 fully saturated rings. The van der Waals surface area contributed by atoms with Gasteiger partial charge in [0.1, 0.15) is 0 Å². The zero-order valence-corrected chi connectivity index (χ0v) is 14.0. The Kier molecular flexibility index (Phi) is 5.24. The second-order valence-electron chi connectivity index (χ2n) is 7.04. The van der Waals surface area contributed by atoms with Gasteiger partial charge in [0.2, 0.25) is 5.91 Å². The molecule has 122 valence electrons. The fraction of sp³-hybridized carbons (Fsp3) is 0.611. The Balaban J connectivity index is 2.15. The maximum atomic E-state index is 12.4. The highest BCUT2D eigenvalue weighted by Gasteiger charge is 2.37. The van der Waals surface area contributed by atoms with Crippen LogP contribution in [0.2, 0.25) is 0 Å². The summed E-state index contributed by atoms with van der Waals surface area (Å²) in [5, 5.41) is 6.21. The number of hydrogen-bond donors (Lipinski definition) is 3. The number of carbonyl (C=O) groups is 1. The van der Waals surface area contributed by atoms with Crippen molar-refractivity contribution in [2.75, 3.05) is 13.6 Å². The Morgan fingerprint density at radius 2 is 1.86 bits per heavy atom. The molecule has 1 saturated carbocycles. The number of carbonyl (C=O) groups excluding carboxylic acids is 1. The van der Waals surface area contributed by atoms with Crippen molar-refractivity contribution in [2.24, 2.45) is 5.73 Å². The summed E-state index contributed by atoms with van der Waals surface area (Å²) < 4.78 is 0. The lowest BCUT2D eigenvalue weighted by Gasteiger charge is -2.40. The fourth-order valence-electron chi connectivity index (χ4n) is 3.14. The molecule has 1 aliphatic carbocycles. The van der Waals surface area contributed by atoms with E-state index in [-0.39, 0.29) is 11.3 Å². The van der Waals surface area contributed by atoms with Crippen molar-refractivity contribution in [3.05, 3.63) is 35.9 Å². The Morgan fingerprint density at radius 3 is 2.41 bits per heavy atom. The smallest absolute Gasteiger partial charge is 0.239 e. The van der Waals surface area contributed by atoms with E-state index in [1.807, 2.05) is 27.0 Å². The largest absolute Gasteiger partial charge is 0.354 e. The minimum absolute atomic E-state index is 0.0105. The molecule has 0 aromatic heterocycles. The number of benzene rings is 1. The molecule has 0 heterocycles. The van der Waals surface area contributed by atoms with Gasteiger partial charge in [-0.3, -0.25) is 4.79 Å². The summed E-state index contributed by atoms with van der Waals surface area (Å²) in [5.74, 6) is 0.0418. The van der Waals surface area contributed by atoms with Gasteiger partial charge in [0, 0.05) is 18.0 Å². The van der Waals surface area contributed by atoms with Gasteiger partial charge < -0.3 is 16.4 Å². The van der Waals surface area contributed by atoms with Crippen LogP contribution < -0.4 is 16.4 Å². The molecule has 4 heteroatoms. The van der Waals surface area contributed by atoms with Crippen LogP contribution in [0.4, 0.5) is 0 Å². The van der Waals surface area contributed by atoms with E-state index in [4.69, 9.17) is 5.73 Å². The molecule has 0 aliphatic heterocycles. The van der Waals surface area contributed by atoms with Gasteiger partial charge in [-0.1, -0.05) is 30.3 Å². The lowest BCUT2D eigenvalue weighted by molar-refractivity contribution is -0.126. The predicted molar refractivity (Wildman–Crippen MR) is 90.7 cm³/mol. The number of nitrogens with one attached hydrogen (secondary N) is 2. The van der Waals surface area contributed by atoms with Crippen molar-refractivity contribution in [2.45, 2.75) is 56.5 Å². The van der Waals surface area contributed by atoms with Crippen molar-refractivity contribution in [1.82, 2.24) is 10.6 Å². The molecule has 1 aliphatic rings. The second kappa shape index (κ2) is 6.80. The van der Waals surface area contributed by atoms with E-state index in [9.17, 15) is 4.79 Å². The highest BCUT2D eigenvalue weighted by molar-refractivity contribution is 5.85. The number of amides is 1. The highest BCUT2D eigenvalue weighted by Crippen LogP contribution is 2.38. The highest BCUT2D eigenvalue weighted by atomic mass is 16.2. The monoisotopic (exact) mass is 303 g/mol. The summed E-state index contributed by atoms with van der Waals surface area (Å²) in [6.07, 6.45) is 4.08. The van der Waals surface area contributed by atoms with Crippen LogP contribution in [-0.4, -0.2) is 31.1 Å². The van der Waals surface area contributed by atoms with E-state index in [2.05, 4.69) is 34.9 Å². The first-order chi connectivity index (χ1) is 10.4. The minimum atomic E-state index is -0.553. The maximum Gasteiger partial charge on any atom is 0.239 e. The number of rotatable bonds is 5. The summed E-state index contributed by atoms with van der Waals surface area (Å²) in [4.78, 5) is 12.4. The van der Waals surface area contributed by atoms with Gasteiger partial charge in [0.15, 0.2) is 0 Å². The topological polar surface area (TPSA) is 67.2 Å². The van der Waals surface area contributed by atoms with E-state index in [0.29, 0.717) is 12.6 Å². The molecule has 0 unspecified atom stereocenters. The molecular formula is C18H29N3O. The summed E-state index contributed by atoms with van der Waals surface area (Å²) in [6, 6.07) is 10.8. The normalized spacial score (nSPS) is 25.7. The van der Waals surface area contributed by atoms with Gasteiger partial charge in [-0.15, -0.1) is 0 Å². The average Bonchev–Trinajstić information content (AvgIpc) is 2.55. The summed E-state index contributed by atoms with van der Waals surface area (Å²) in [6.45, 7) is 4.47. The Morgan fingerprint density at radius 1 is 1.27 bits per heavy atom. The van der Waals surface area contributed by atoms with Gasteiger partial charge >= 0.3 is 0 Å². The van der Waals surface area contributed by atoms with Gasteiger partial charge in [0.05, 0.1) is 5.54 Å². The van der Waals surface area contributed by atoms with Crippen LogP contribution in [0.3, 0.4) is 0 Å². The van der Waals surface area contributed by atoms with Gasteiger partial charge in [-0.2, -0.15) is 0 Å². The van der Waals surface area contributed by atoms with Crippen LogP contribution in [0.15, 0.2) is 30.3 Å². The average molecular weight is 303 g/mol. The predicted octanol–water partition coefficient (Wildman–Crippen LogP) is 1.94. The molecule has 1 aromatic rings. The van der Waals surface area contributed by atoms with Crippen LogP contribution in [-0.2, 0) is 10.2 Å². The Hall–Kier alpha value is -1.39. The summed E-state index contributed by atoms with van der Waals surface area (Å²) in [7, 11) is 1.81. The minimum Gasteiger partial charge on any atom is -0.354 e. The SMILES string of the molecule is CNC(C)(C)C(=O)NC[C@]1(c2ccccc2)CC[C@H](N)CC1. The molecule has 4 N–H and O–H groups in total. The Bertz CT molecular complexity index is 490. The third kappa shape index (κ3) is 3.68. The van der Waals surface area contributed by atoms with Crippen molar-refractivity contribution < 1.29 is 4.79 Å². The number of hydrogen-bond acceptors (Lipinski definition) is 3. The first-order valence-electron chi connectivity index (χ1n) is 8.18. The van der Waals surface area contributed by atoms with Crippen LogP contribution in [0, 0.1) is 0 Å². The first kappa shape index (κ1) is 17.0. The molecule has 0 radical (unpaired) electrons. The maximum absolute atomic E-state index is 12.4. The zero-order valence-electron chi connectivity index (χ0n) is 14.0. The molecule has 0 bridgehead atoms. The van der Waals surface area contributed by atoms with E-state index in [1.54, 1.807) is 0 Å². The van der Waals surface area contributed by atoms with E-state index in [1.165, 1.54) is 5.56 Å². The van der Waals surface area contributed by atoms with Gasteiger partial charge in [-0.05, 0) is 52.1 Å². The number of nitrogens with two attached hydrogens (primary N) is 1. The van der Waals surface area contributed by atoms with Crippen LogP contribution in [0.1, 0.15) is 45.1 Å². The van der Waals surface area contributed by atoms with Gasteiger partial charge in [-0.25, -0.2) is 0 Å². The molecule has 0 spiro atoms. The Labute approximate surface area is 133 Å². The lowest BCUT2D eigenvalue weighted by Crippen LogP contribution is -2.54. The van der Waals surface area contributed by atoms with Crippen molar-refractivity contribution in [3.63, 3.8) is 0 Å². The van der Waals surface area contributed by atoms with Gasteiger partial charge in [0.25, 0.3) is 0 Å². The third-order valence-corrected chi connectivity index (χ3v) is 5.15. The second-order valence-corrected chi connectivity index (χ2v) is 7.04. The molecule has 1 amide bonds.